The molecule has 4 aliphatic rings. The van der Waals surface area contributed by atoms with Gasteiger partial charge >= 0.3 is 0 Å². The van der Waals surface area contributed by atoms with Gasteiger partial charge in [0, 0.05) is 0 Å². The Morgan fingerprint density at radius 3 is 2.30 bits per heavy atom. The van der Waals surface area contributed by atoms with Crippen LogP contribution in [0.25, 0.3) is 0 Å². The molecule has 4 rings (SSSR count). The van der Waals surface area contributed by atoms with E-state index in [0.29, 0.717) is 12.1 Å². The maximum Gasteiger partial charge on any atom is 0.208 e. The monoisotopic (exact) mass is 315 g/mol. The second-order valence-corrected chi connectivity index (χ2v) is 8.42. The third kappa shape index (κ3) is 3.83. The molecule has 3 saturated carbocycles. The fourth-order valence-corrected chi connectivity index (χ4v) is 5.43. The standard InChI is InChI=1S/C21H33NO/c1-3-7-16(8-4-1)11-14-21-22-19-15-18(12-13-20(19)23-21)17-9-5-2-6-10-17/h11,14,16-20H,1-10,12-13,15H2. The second-order valence-electron chi connectivity index (χ2n) is 8.42. The molecule has 3 fully saturated rings. The van der Waals surface area contributed by atoms with Crippen molar-refractivity contribution in [2.45, 2.75) is 95.6 Å². The number of allylic oxidation sites excluding steroid dienone is 1. The summed E-state index contributed by atoms with van der Waals surface area (Å²) in [4.78, 5) is 4.95. The van der Waals surface area contributed by atoms with Gasteiger partial charge in [0.2, 0.25) is 5.90 Å². The van der Waals surface area contributed by atoms with E-state index in [1.165, 1.54) is 83.5 Å². The van der Waals surface area contributed by atoms with Crippen LogP contribution in [0.15, 0.2) is 17.1 Å². The molecule has 3 unspecified atom stereocenters. The molecule has 0 radical (unpaired) electrons. The number of hydrogen-bond acceptors (Lipinski definition) is 2. The van der Waals surface area contributed by atoms with Crippen LogP contribution in [0.1, 0.15) is 83.5 Å². The molecule has 0 aromatic heterocycles. The second kappa shape index (κ2) is 7.40. The highest BCUT2D eigenvalue weighted by Gasteiger charge is 2.39. The van der Waals surface area contributed by atoms with Crippen molar-refractivity contribution in [3.05, 3.63) is 12.2 Å². The summed E-state index contributed by atoms with van der Waals surface area (Å²) in [6, 6.07) is 0.460. The van der Waals surface area contributed by atoms with Crippen LogP contribution in [0, 0.1) is 17.8 Å². The first kappa shape index (κ1) is 15.7. The molecule has 1 aliphatic heterocycles. The van der Waals surface area contributed by atoms with Gasteiger partial charge in [-0.1, -0.05) is 57.4 Å². The zero-order chi connectivity index (χ0) is 15.5. The van der Waals surface area contributed by atoms with Crippen LogP contribution in [0.5, 0.6) is 0 Å². The molecule has 0 aromatic rings. The van der Waals surface area contributed by atoms with Crippen molar-refractivity contribution in [2.24, 2.45) is 22.7 Å². The number of rotatable bonds is 3. The van der Waals surface area contributed by atoms with Gasteiger partial charge in [-0.2, -0.15) is 0 Å². The number of nitrogens with zero attached hydrogens (tertiary/aromatic N) is 1. The highest BCUT2D eigenvalue weighted by molar-refractivity contribution is 5.89. The number of fused-ring (bicyclic) bond motifs is 1. The van der Waals surface area contributed by atoms with Gasteiger partial charge in [0.15, 0.2) is 0 Å². The van der Waals surface area contributed by atoms with E-state index in [1.807, 2.05) is 0 Å². The quantitative estimate of drug-likeness (QED) is 0.657. The van der Waals surface area contributed by atoms with Gasteiger partial charge in [-0.25, -0.2) is 4.99 Å². The zero-order valence-corrected chi connectivity index (χ0v) is 14.6. The minimum Gasteiger partial charge on any atom is -0.472 e. The average molecular weight is 316 g/mol. The molecule has 3 aliphatic carbocycles. The molecule has 1 heterocycles. The molecule has 0 N–H and O–H groups in total. The molecule has 0 amide bonds. The Hall–Kier alpha value is -0.790. The van der Waals surface area contributed by atoms with Crippen LogP contribution >= 0.6 is 0 Å². The maximum absolute atomic E-state index is 6.16. The van der Waals surface area contributed by atoms with Crippen molar-refractivity contribution in [1.82, 2.24) is 0 Å². The molecule has 3 atom stereocenters. The molecule has 128 valence electrons. The predicted molar refractivity (Wildman–Crippen MR) is 95.7 cm³/mol. The molecule has 0 saturated heterocycles. The molecular formula is C21H33NO. The molecule has 2 heteroatoms. The third-order valence-corrected chi connectivity index (χ3v) is 6.84. The van der Waals surface area contributed by atoms with Crippen LogP contribution < -0.4 is 0 Å². The first-order valence-corrected chi connectivity index (χ1v) is 10.3. The Balaban J connectivity index is 1.33. The molecule has 2 nitrogen and oxygen atoms in total. The lowest BCUT2D eigenvalue weighted by Gasteiger charge is -2.36. The van der Waals surface area contributed by atoms with Crippen molar-refractivity contribution in [3.63, 3.8) is 0 Å². The van der Waals surface area contributed by atoms with Crippen molar-refractivity contribution in [1.29, 1.82) is 0 Å². The molecule has 0 aromatic carbocycles. The highest BCUT2D eigenvalue weighted by atomic mass is 16.5. The highest BCUT2D eigenvalue weighted by Crippen LogP contribution is 2.41. The molecule has 0 bridgehead atoms. The number of hydrogen-bond donors (Lipinski definition) is 0. The minimum atomic E-state index is 0.390. The minimum absolute atomic E-state index is 0.390. The Morgan fingerprint density at radius 1 is 0.783 bits per heavy atom. The Bertz CT molecular complexity index is 443. The fraction of sp³-hybridized carbons (Fsp3) is 0.857. The Labute approximate surface area is 141 Å². The van der Waals surface area contributed by atoms with Crippen LogP contribution in [-0.4, -0.2) is 18.0 Å². The SMILES string of the molecule is C(=CC1CCCCC1)C1=NC2CC(C3CCCCC3)CCC2O1. The van der Waals surface area contributed by atoms with Crippen LogP contribution in [0.4, 0.5) is 0 Å². The van der Waals surface area contributed by atoms with E-state index in [2.05, 4.69) is 12.2 Å². The molecule has 0 spiro atoms. The normalized spacial score (nSPS) is 36.7. The van der Waals surface area contributed by atoms with E-state index in [0.717, 1.165) is 23.7 Å². The van der Waals surface area contributed by atoms with E-state index in [4.69, 9.17) is 9.73 Å². The van der Waals surface area contributed by atoms with Gasteiger partial charge < -0.3 is 4.74 Å². The summed E-state index contributed by atoms with van der Waals surface area (Å²) in [5, 5.41) is 0. The number of aliphatic imine (C=N–C) groups is 1. The van der Waals surface area contributed by atoms with Crippen molar-refractivity contribution < 1.29 is 4.74 Å². The lowest BCUT2D eigenvalue weighted by molar-refractivity contribution is 0.0953. The summed E-state index contributed by atoms with van der Waals surface area (Å²) in [6.45, 7) is 0. The third-order valence-electron chi connectivity index (χ3n) is 6.84. The summed E-state index contributed by atoms with van der Waals surface area (Å²) >= 11 is 0. The molecule has 23 heavy (non-hydrogen) atoms. The van der Waals surface area contributed by atoms with Gasteiger partial charge in [0.25, 0.3) is 0 Å². The summed E-state index contributed by atoms with van der Waals surface area (Å²) in [7, 11) is 0. The van der Waals surface area contributed by atoms with E-state index in [-0.39, 0.29) is 0 Å². The van der Waals surface area contributed by atoms with Gasteiger partial charge in [-0.05, 0) is 55.9 Å². The first-order chi connectivity index (χ1) is 11.4. The van der Waals surface area contributed by atoms with E-state index >= 15 is 0 Å². The Morgan fingerprint density at radius 2 is 1.52 bits per heavy atom. The first-order valence-electron chi connectivity index (χ1n) is 10.3. The van der Waals surface area contributed by atoms with Gasteiger partial charge in [0.1, 0.15) is 6.10 Å². The van der Waals surface area contributed by atoms with Crippen molar-refractivity contribution in [2.75, 3.05) is 0 Å². The maximum atomic E-state index is 6.16. The average Bonchev–Trinajstić information content (AvgIpc) is 3.04. The van der Waals surface area contributed by atoms with Gasteiger partial charge in [0.05, 0.1) is 6.04 Å². The smallest absolute Gasteiger partial charge is 0.208 e. The largest absolute Gasteiger partial charge is 0.472 e. The predicted octanol–water partition coefficient (Wildman–Crippen LogP) is 5.67. The number of ether oxygens (including phenoxy) is 1. The molecular weight excluding hydrogens is 282 g/mol. The van der Waals surface area contributed by atoms with Crippen LogP contribution in [0.2, 0.25) is 0 Å². The van der Waals surface area contributed by atoms with Crippen molar-refractivity contribution in [3.8, 4) is 0 Å². The van der Waals surface area contributed by atoms with Crippen LogP contribution in [-0.2, 0) is 4.74 Å². The van der Waals surface area contributed by atoms with E-state index in [9.17, 15) is 0 Å². The summed E-state index contributed by atoms with van der Waals surface area (Å²) < 4.78 is 6.16. The fourth-order valence-electron chi connectivity index (χ4n) is 5.43. The van der Waals surface area contributed by atoms with E-state index in [1.54, 1.807) is 0 Å². The van der Waals surface area contributed by atoms with Crippen LogP contribution in [0.3, 0.4) is 0 Å². The zero-order valence-electron chi connectivity index (χ0n) is 14.6. The van der Waals surface area contributed by atoms with Gasteiger partial charge in [-0.3, -0.25) is 0 Å². The topological polar surface area (TPSA) is 21.6 Å². The van der Waals surface area contributed by atoms with Crippen molar-refractivity contribution >= 4 is 5.90 Å². The lowest BCUT2D eigenvalue weighted by atomic mass is 9.71. The van der Waals surface area contributed by atoms with E-state index < -0.39 is 0 Å². The lowest BCUT2D eigenvalue weighted by Crippen LogP contribution is -2.34. The summed E-state index contributed by atoms with van der Waals surface area (Å²) in [5.74, 6) is 3.62. The Kier molecular flexibility index (Phi) is 5.06. The summed E-state index contributed by atoms with van der Waals surface area (Å²) in [5.41, 5.74) is 0. The van der Waals surface area contributed by atoms with Gasteiger partial charge in [-0.15, -0.1) is 0 Å². The summed E-state index contributed by atoms with van der Waals surface area (Å²) in [6.07, 6.45) is 23.2.